The van der Waals surface area contributed by atoms with Gasteiger partial charge in [0.1, 0.15) is 6.61 Å². The molecule has 0 aromatic heterocycles. The Bertz CT molecular complexity index is 254. The van der Waals surface area contributed by atoms with Crippen LogP contribution in [0.3, 0.4) is 0 Å². The molecule has 1 amide bonds. The van der Waals surface area contributed by atoms with Crippen molar-refractivity contribution in [1.29, 1.82) is 0 Å². The molecular formula is C12H23N3O2. The zero-order valence-corrected chi connectivity index (χ0v) is 10.4. The summed E-state index contributed by atoms with van der Waals surface area (Å²) in [6.45, 7) is 4.36. The number of carbonyl (C=O) groups is 1. The maximum Gasteiger partial charge on any atom is 0.411 e. The lowest BCUT2D eigenvalue weighted by atomic mass is 10.1. The average molecular weight is 241 g/mol. The Balaban J connectivity index is 1.65. The number of hydrogen-bond acceptors (Lipinski definition) is 4. The highest BCUT2D eigenvalue weighted by Crippen LogP contribution is 2.14. The van der Waals surface area contributed by atoms with E-state index in [4.69, 9.17) is 10.5 Å². The molecule has 98 valence electrons. The van der Waals surface area contributed by atoms with Gasteiger partial charge in [0.2, 0.25) is 0 Å². The van der Waals surface area contributed by atoms with E-state index in [9.17, 15) is 4.79 Å². The topological polar surface area (TPSA) is 58.8 Å². The minimum atomic E-state index is -0.239. The van der Waals surface area contributed by atoms with Crippen LogP contribution in [0.4, 0.5) is 4.79 Å². The maximum absolute atomic E-state index is 11.8. The quantitative estimate of drug-likeness (QED) is 0.800. The van der Waals surface area contributed by atoms with E-state index in [0.29, 0.717) is 6.61 Å². The highest BCUT2D eigenvalue weighted by atomic mass is 16.6. The van der Waals surface area contributed by atoms with Gasteiger partial charge in [-0.2, -0.15) is 0 Å². The second-order valence-corrected chi connectivity index (χ2v) is 4.92. The molecule has 2 aliphatic rings. The summed E-state index contributed by atoms with van der Waals surface area (Å²) in [6.07, 6.45) is 5.18. The molecule has 2 rings (SSSR count). The Labute approximate surface area is 103 Å². The van der Waals surface area contributed by atoms with E-state index in [1.807, 2.05) is 0 Å². The lowest BCUT2D eigenvalue weighted by Gasteiger charge is -2.32. The summed E-state index contributed by atoms with van der Waals surface area (Å²) in [4.78, 5) is 15.8. The van der Waals surface area contributed by atoms with E-state index in [1.54, 1.807) is 4.90 Å². The van der Waals surface area contributed by atoms with Gasteiger partial charge in [-0.05, 0) is 45.2 Å². The molecular weight excluding hydrogens is 218 g/mol. The van der Waals surface area contributed by atoms with Crippen LogP contribution in [0.15, 0.2) is 0 Å². The summed E-state index contributed by atoms with van der Waals surface area (Å²) in [7, 11) is 0. The molecule has 0 aromatic carbocycles. The van der Waals surface area contributed by atoms with Crippen molar-refractivity contribution in [2.75, 3.05) is 32.8 Å². The zero-order chi connectivity index (χ0) is 12.1. The van der Waals surface area contributed by atoms with Gasteiger partial charge in [-0.25, -0.2) is 4.79 Å². The fourth-order valence-electron chi connectivity index (χ4n) is 2.54. The van der Waals surface area contributed by atoms with Crippen molar-refractivity contribution in [2.24, 2.45) is 5.73 Å². The van der Waals surface area contributed by atoms with Crippen LogP contribution in [0, 0.1) is 0 Å². The molecule has 0 aromatic rings. The number of nitrogens with two attached hydrogens (primary N) is 1. The van der Waals surface area contributed by atoms with Gasteiger partial charge < -0.3 is 10.5 Å². The van der Waals surface area contributed by atoms with Crippen molar-refractivity contribution in [3.05, 3.63) is 0 Å². The van der Waals surface area contributed by atoms with Crippen LogP contribution < -0.4 is 5.73 Å². The van der Waals surface area contributed by atoms with Crippen molar-refractivity contribution in [1.82, 2.24) is 9.80 Å². The van der Waals surface area contributed by atoms with Crippen LogP contribution in [0.1, 0.15) is 32.1 Å². The second kappa shape index (κ2) is 6.21. The van der Waals surface area contributed by atoms with Gasteiger partial charge in [0.05, 0.1) is 6.17 Å². The number of hydrogen-bond donors (Lipinski definition) is 1. The first-order valence-corrected chi connectivity index (χ1v) is 6.69. The summed E-state index contributed by atoms with van der Waals surface area (Å²) in [5.41, 5.74) is 5.89. The number of likely N-dealkylation sites (tertiary alicyclic amines) is 2. The number of nitrogens with zero attached hydrogens (tertiary/aromatic N) is 2. The van der Waals surface area contributed by atoms with E-state index < -0.39 is 0 Å². The number of ether oxygens (including phenoxy) is 1. The molecule has 2 fully saturated rings. The van der Waals surface area contributed by atoms with Crippen LogP contribution >= 0.6 is 0 Å². The second-order valence-electron chi connectivity index (χ2n) is 4.92. The first-order chi connectivity index (χ1) is 8.27. The Morgan fingerprint density at radius 3 is 2.59 bits per heavy atom. The first-order valence-electron chi connectivity index (χ1n) is 6.69. The monoisotopic (exact) mass is 241 g/mol. The maximum atomic E-state index is 11.8. The van der Waals surface area contributed by atoms with Gasteiger partial charge in [-0.3, -0.25) is 9.80 Å². The Hall–Kier alpha value is -0.810. The Morgan fingerprint density at radius 2 is 1.88 bits per heavy atom. The molecule has 1 atom stereocenters. The Morgan fingerprint density at radius 1 is 1.18 bits per heavy atom. The van der Waals surface area contributed by atoms with Crippen LogP contribution in [0.5, 0.6) is 0 Å². The van der Waals surface area contributed by atoms with Gasteiger partial charge in [-0.1, -0.05) is 0 Å². The number of amides is 1. The molecule has 0 radical (unpaired) electrons. The van der Waals surface area contributed by atoms with Crippen molar-refractivity contribution < 1.29 is 9.53 Å². The molecule has 0 saturated carbocycles. The molecule has 5 heteroatoms. The van der Waals surface area contributed by atoms with Gasteiger partial charge in [0.25, 0.3) is 0 Å². The van der Waals surface area contributed by atoms with E-state index >= 15 is 0 Å². The minimum Gasteiger partial charge on any atom is -0.448 e. The minimum absolute atomic E-state index is 0.150. The van der Waals surface area contributed by atoms with Gasteiger partial charge in [0, 0.05) is 13.1 Å². The summed E-state index contributed by atoms with van der Waals surface area (Å²) < 4.78 is 5.28. The van der Waals surface area contributed by atoms with Gasteiger partial charge >= 0.3 is 6.09 Å². The molecule has 5 nitrogen and oxygen atoms in total. The number of piperidine rings is 1. The summed E-state index contributed by atoms with van der Waals surface area (Å²) in [5, 5.41) is 0. The third-order valence-electron chi connectivity index (χ3n) is 3.62. The summed E-state index contributed by atoms with van der Waals surface area (Å²) in [6, 6.07) is 0. The highest BCUT2D eigenvalue weighted by Gasteiger charge is 2.24. The molecule has 2 saturated heterocycles. The standard InChI is InChI=1S/C12H23N3O2/c13-11-5-1-2-8-15(11)12(16)17-10-9-14-6-3-4-7-14/h11H,1-10,13H2. The SMILES string of the molecule is NC1CCCCN1C(=O)OCCN1CCCC1. The fraction of sp³-hybridized carbons (Fsp3) is 0.917. The van der Waals surface area contributed by atoms with Crippen LogP contribution in [-0.4, -0.2) is 54.8 Å². The van der Waals surface area contributed by atoms with Gasteiger partial charge in [-0.15, -0.1) is 0 Å². The molecule has 2 heterocycles. The van der Waals surface area contributed by atoms with Crippen molar-refractivity contribution in [3.63, 3.8) is 0 Å². The highest BCUT2D eigenvalue weighted by molar-refractivity contribution is 5.68. The van der Waals surface area contributed by atoms with Crippen molar-refractivity contribution in [2.45, 2.75) is 38.3 Å². The molecule has 2 aliphatic heterocycles. The molecule has 0 spiro atoms. The lowest BCUT2D eigenvalue weighted by molar-refractivity contribution is 0.0686. The molecule has 0 aliphatic carbocycles. The molecule has 17 heavy (non-hydrogen) atoms. The normalized spacial score (nSPS) is 26.2. The fourth-order valence-corrected chi connectivity index (χ4v) is 2.54. The third-order valence-corrected chi connectivity index (χ3v) is 3.62. The van der Waals surface area contributed by atoms with Crippen molar-refractivity contribution >= 4 is 6.09 Å². The van der Waals surface area contributed by atoms with Crippen LogP contribution in [0.25, 0.3) is 0 Å². The predicted octanol–water partition coefficient (Wildman–Crippen LogP) is 0.989. The van der Waals surface area contributed by atoms with Gasteiger partial charge in [0.15, 0.2) is 0 Å². The summed E-state index contributed by atoms with van der Waals surface area (Å²) >= 11 is 0. The molecule has 0 bridgehead atoms. The Kier molecular flexibility index (Phi) is 4.62. The van der Waals surface area contributed by atoms with E-state index in [2.05, 4.69) is 4.90 Å². The zero-order valence-electron chi connectivity index (χ0n) is 10.4. The van der Waals surface area contributed by atoms with E-state index in [-0.39, 0.29) is 12.3 Å². The average Bonchev–Trinajstić information content (AvgIpc) is 2.82. The number of rotatable bonds is 3. The summed E-state index contributed by atoms with van der Waals surface area (Å²) in [5.74, 6) is 0. The molecule has 1 unspecified atom stereocenters. The lowest BCUT2D eigenvalue weighted by Crippen LogP contribution is -2.49. The van der Waals surface area contributed by atoms with Crippen molar-refractivity contribution in [3.8, 4) is 0 Å². The first kappa shape index (κ1) is 12.6. The third kappa shape index (κ3) is 3.57. The smallest absolute Gasteiger partial charge is 0.411 e. The number of carbonyl (C=O) groups excluding carboxylic acids is 1. The van der Waals surface area contributed by atoms with Crippen LogP contribution in [-0.2, 0) is 4.74 Å². The largest absolute Gasteiger partial charge is 0.448 e. The predicted molar refractivity (Wildman–Crippen MR) is 65.6 cm³/mol. The van der Waals surface area contributed by atoms with E-state index in [1.165, 1.54) is 12.8 Å². The van der Waals surface area contributed by atoms with E-state index in [0.717, 1.165) is 45.4 Å². The van der Waals surface area contributed by atoms with Crippen LogP contribution in [0.2, 0.25) is 0 Å². The molecule has 2 N–H and O–H groups in total.